The largest absolute Gasteiger partial charge is 0.0922 e. The lowest BCUT2D eigenvalue weighted by molar-refractivity contribution is 0.311. The third kappa shape index (κ3) is 8.96. The summed E-state index contributed by atoms with van der Waals surface area (Å²) in [5.74, 6) is 0. The molecule has 0 rings (SSSR count). The van der Waals surface area contributed by atoms with E-state index in [-0.39, 0.29) is 0 Å². The molecule has 0 aliphatic carbocycles. The monoisotopic (exact) mass is 382 g/mol. The highest BCUT2D eigenvalue weighted by molar-refractivity contribution is 9.09. The van der Waals surface area contributed by atoms with E-state index in [0.29, 0.717) is 5.41 Å². The molecule has 0 aliphatic rings. The zero-order chi connectivity index (χ0) is 13.7. The minimum atomic E-state index is 0.511. The Bertz CT molecular complexity index is 164. The summed E-state index contributed by atoms with van der Waals surface area (Å²) in [6.07, 6.45) is 15.4. The fraction of sp³-hybridized carbons (Fsp3) is 1.00. The third-order valence-electron chi connectivity index (χ3n) is 3.91. The van der Waals surface area contributed by atoms with Crippen LogP contribution in [0.15, 0.2) is 0 Å². The molecule has 0 heterocycles. The molecule has 0 aromatic carbocycles. The predicted molar refractivity (Wildman–Crippen MR) is 92.2 cm³/mol. The van der Waals surface area contributed by atoms with E-state index in [0.717, 1.165) is 10.7 Å². The lowest BCUT2D eigenvalue weighted by atomic mass is 9.82. The van der Waals surface area contributed by atoms with E-state index in [9.17, 15) is 0 Å². The molecule has 0 saturated carbocycles. The summed E-state index contributed by atoms with van der Waals surface area (Å²) in [4.78, 5) is 0. The van der Waals surface area contributed by atoms with Crippen molar-refractivity contribution in [2.75, 3.05) is 10.7 Å². The van der Waals surface area contributed by atoms with E-state index in [1.807, 2.05) is 0 Å². The smallest absolute Gasteiger partial charge is 0.00959 e. The Morgan fingerprint density at radius 3 is 1.56 bits per heavy atom. The Labute approximate surface area is 132 Å². The number of alkyl halides is 2. The number of hydrogen-bond donors (Lipinski definition) is 0. The van der Waals surface area contributed by atoms with Crippen LogP contribution in [0.4, 0.5) is 0 Å². The van der Waals surface area contributed by atoms with Crippen LogP contribution in [0, 0.1) is 5.41 Å². The molecule has 110 valence electrons. The molecule has 0 fully saturated rings. The fourth-order valence-electron chi connectivity index (χ4n) is 2.59. The van der Waals surface area contributed by atoms with E-state index in [1.165, 1.54) is 70.6 Å². The molecule has 0 radical (unpaired) electrons. The maximum atomic E-state index is 3.72. The first-order valence-corrected chi connectivity index (χ1v) is 10.1. The topological polar surface area (TPSA) is 0 Å². The zero-order valence-electron chi connectivity index (χ0n) is 12.4. The fourth-order valence-corrected chi connectivity index (χ4v) is 4.64. The second-order valence-corrected chi connectivity index (χ2v) is 6.86. The van der Waals surface area contributed by atoms with Gasteiger partial charge in [-0.3, -0.25) is 0 Å². The second-order valence-electron chi connectivity index (χ2n) is 5.74. The second kappa shape index (κ2) is 13.0. The number of rotatable bonds is 13. The lowest BCUT2D eigenvalue weighted by Crippen LogP contribution is -2.24. The molecule has 0 aromatic heterocycles. The average Bonchev–Trinajstić information content (AvgIpc) is 2.40. The Hall–Kier alpha value is 0.960. The van der Waals surface area contributed by atoms with Crippen LogP contribution in [0.5, 0.6) is 0 Å². The van der Waals surface area contributed by atoms with Gasteiger partial charge in [0, 0.05) is 10.7 Å². The maximum Gasteiger partial charge on any atom is 0.00959 e. The Morgan fingerprint density at radius 2 is 1.11 bits per heavy atom. The molecule has 0 N–H and O–H groups in total. The average molecular weight is 384 g/mol. The third-order valence-corrected chi connectivity index (χ3v) is 6.29. The molecule has 0 atom stereocenters. The first-order chi connectivity index (χ1) is 8.74. The van der Waals surface area contributed by atoms with Gasteiger partial charge in [-0.05, 0) is 18.3 Å². The highest BCUT2D eigenvalue weighted by Gasteiger charge is 2.25. The van der Waals surface area contributed by atoms with E-state index >= 15 is 0 Å². The van der Waals surface area contributed by atoms with Crippen LogP contribution in [0.2, 0.25) is 0 Å². The molecule has 0 aromatic rings. The van der Waals surface area contributed by atoms with Gasteiger partial charge >= 0.3 is 0 Å². The van der Waals surface area contributed by atoms with Crippen LogP contribution >= 0.6 is 31.9 Å². The summed E-state index contributed by atoms with van der Waals surface area (Å²) >= 11 is 7.43. The van der Waals surface area contributed by atoms with Crippen molar-refractivity contribution >= 4 is 31.9 Å². The van der Waals surface area contributed by atoms with E-state index in [2.05, 4.69) is 45.7 Å². The predicted octanol–water partition coefficient (Wildman–Crippen LogP) is 7.09. The first kappa shape index (κ1) is 19.0. The molecular weight excluding hydrogens is 352 g/mol. The molecule has 0 aliphatic heterocycles. The van der Waals surface area contributed by atoms with Crippen LogP contribution in [0.25, 0.3) is 0 Å². The molecule has 0 nitrogen and oxygen atoms in total. The Balaban J connectivity index is 3.55. The number of unbranched alkanes of at least 4 members (excludes halogenated alkanes) is 7. The van der Waals surface area contributed by atoms with Gasteiger partial charge in [-0.1, -0.05) is 103 Å². The van der Waals surface area contributed by atoms with Crippen molar-refractivity contribution < 1.29 is 0 Å². The van der Waals surface area contributed by atoms with Crippen LogP contribution in [0.1, 0.15) is 84.5 Å². The van der Waals surface area contributed by atoms with Crippen molar-refractivity contribution in [3.63, 3.8) is 0 Å². The Kier molecular flexibility index (Phi) is 13.7. The van der Waals surface area contributed by atoms with Gasteiger partial charge in [-0.15, -0.1) is 0 Å². The van der Waals surface area contributed by atoms with Gasteiger partial charge in [0.25, 0.3) is 0 Å². The summed E-state index contributed by atoms with van der Waals surface area (Å²) in [7, 11) is 0. The molecule has 0 amide bonds. The van der Waals surface area contributed by atoms with Crippen LogP contribution < -0.4 is 0 Å². The summed E-state index contributed by atoms with van der Waals surface area (Å²) in [6.45, 7) is 4.58. The summed E-state index contributed by atoms with van der Waals surface area (Å²) in [5, 5.41) is 2.30. The lowest BCUT2D eigenvalue weighted by Gasteiger charge is -2.29. The van der Waals surface area contributed by atoms with Crippen molar-refractivity contribution in [1.29, 1.82) is 0 Å². The molecule has 0 saturated heterocycles. The Morgan fingerprint density at radius 1 is 0.611 bits per heavy atom. The zero-order valence-corrected chi connectivity index (χ0v) is 15.6. The standard InChI is InChI=1S/C16H32Br2/c1-3-5-6-7-8-9-10-11-13-16(14-17,15-18)12-4-2/h3-15H2,1-2H3. The normalized spacial score (nSPS) is 12.0. The number of hydrogen-bond acceptors (Lipinski definition) is 0. The minimum absolute atomic E-state index is 0.511. The molecule has 0 spiro atoms. The summed E-state index contributed by atoms with van der Waals surface area (Å²) in [5.41, 5.74) is 0.511. The van der Waals surface area contributed by atoms with Gasteiger partial charge in [0.1, 0.15) is 0 Å². The van der Waals surface area contributed by atoms with Crippen molar-refractivity contribution in [1.82, 2.24) is 0 Å². The molecule has 0 bridgehead atoms. The molecule has 2 heteroatoms. The molecule has 18 heavy (non-hydrogen) atoms. The van der Waals surface area contributed by atoms with E-state index in [4.69, 9.17) is 0 Å². The maximum absolute atomic E-state index is 3.72. The van der Waals surface area contributed by atoms with Crippen molar-refractivity contribution in [2.45, 2.75) is 84.5 Å². The molecule has 0 unspecified atom stereocenters. The van der Waals surface area contributed by atoms with Gasteiger partial charge in [0.15, 0.2) is 0 Å². The van der Waals surface area contributed by atoms with Gasteiger partial charge in [0.2, 0.25) is 0 Å². The summed E-state index contributed by atoms with van der Waals surface area (Å²) in [6, 6.07) is 0. The van der Waals surface area contributed by atoms with Gasteiger partial charge in [0.05, 0.1) is 0 Å². The van der Waals surface area contributed by atoms with Crippen molar-refractivity contribution in [3.8, 4) is 0 Å². The minimum Gasteiger partial charge on any atom is -0.0922 e. The van der Waals surface area contributed by atoms with E-state index in [1.54, 1.807) is 0 Å². The quantitative estimate of drug-likeness (QED) is 0.235. The van der Waals surface area contributed by atoms with Gasteiger partial charge in [-0.2, -0.15) is 0 Å². The van der Waals surface area contributed by atoms with Crippen molar-refractivity contribution in [2.24, 2.45) is 5.41 Å². The van der Waals surface area contributed by atoms with Crippen LogP contribution in [0.3, 0.4) is 0 Å². The van der Waals surface area contributed by atoms with Crippen molar-refractivity contribution in [3.05, 3.63) is 0 Å². The van der Waals surface area contributed by atoms with E-state index < -0.39 is 0 Å². The molecular formula is C16H32Br2. The van der Waals surface area contributed by atoms with Crippen LogP contribution in [-0.2, 0) is 0 Å². The first-order valence-electron chi connectivity index (χ1n) is 7.86. The number of halogens is 2. The van der Waals surface area contributed by atoms with Crippen LogP contribution in [-0.4, -0.2) is 10.7 Å². The van der Waals surface area contributed by atoms with Gasteiger partial charge < -0.3 is 0 Å². The highest BCUT2D eigenvalue weighted by Crippen LogP contribution is 2.34. The SMILES string of the molecule is CCCCCCCCCCC(CBr)(CBr)CCC. The van der Waals surface area contributed by atoms with Gasteiger partial charge in [-0.25, -0.2) is 0 Å². The highest BCUT2D eigenvalue weighted by atomic mass is 79.9. The summed E-state index contributed by atoms with van der Waals surface area (Å²) < 4.78 is 0.